The summed E-state index contributed by atoms with van der Waals surface area (Å²) in [5, 5.41) is 0.332. The Labute approximate surface area is 168 Å². The molecule has 0 bridgehead atoms. The van der Waals surface area contributed by atoms with Gasteiger partial charge < -0.3 is 14.4 Å². The van der Waals surface area contributed by atoms with Gasteiger partial charge >= 0.3 is 0 Å². The van der Waals surface area contributed by atoms with Crippen LogP contribution in [0, 0.1) is 18.6 Å². The largest absolute Gasteiger partial charge is 0.354 e. The molecule has 1 amide bonds. The molecule has 2 aliphatic rings. The van der Waals surface area contributed by atoms with Crippen LogP contribution >= 0.6 is 0 Å². The van der Waals surface area contributed by atoms with Crippen LogP contribution in [0.1, 0.15) is 25.8 Å². The van der Waals surface area contributed by atoms with E-state index in [2.05, 4.69) is 4.90 Å². The maximum atomic E-state index is 15.0. The van der Waals surface area contributed by atoms with Gasteiger partial charge in [-0.3, -0.25) is 14.5 Å². The number of halogens is 2. The van der Waals surface area contributed by atoms with Crippen molar-refractivity contribution in [3.05, 3.63) is 33.6 Å². The quantitative estimate of drug-likeness (QED) is 0.771. The number of fused-ring (bicyclic) bond motifs is 5. The summed E-state index contributed by atoms with van der Waals surface area (Å²) in [7, 11) is 3.43. The fourth-order valence-corrected chi connectivity index (χ4v) is 4.53. The van der Waals surface area contributed by atoms with Crippen molar-refractivity contribution in [1.29, 1.82) is 0 Å². The summed E-state index contributed by atoms with van der Waals surface area (Å²) in [6.07, 6.45) is 0.669. The number of piperazine rings is 1. The highest BCUT2D eigenvalue weighted by atomic mass is 19.1. The summed E-state index contributed by atoms with van der Waals surface area (Å²) in [6.45, 7) is 6.71. The maximum Gasteiger partial charge on any atom is 0.277 e. The van der Waals surface area contributed by atoms with Crippen LogP contribution in [0.15, 0.2) is 10.9 Å². The highest BCUT2D eigenvalue weighted by Crippen LogP contribution is 2.42. The van der Waals surface area contributed by atoms with Gasteiger partial charge in [0.25, 0.3) is 11.5 Å². The Kier molecular flexibility index (Phi) is 4.64. The van der Waals surface area contributed by atoms with Crippen molar-refractivity contribution in [3.63, 3.8) is 0 Å². The second kappa shape index (κ2) is 6.79. The van der Waals surface area contributed by atoms with Crippen LogP contribution in [0.2, 0.25) is 0 Å². The Morgan fingerprint density at radius 1 is 1.14 bits per heavy atom. The van der Waals surface area contributed by atoms with E-state index >= 15 is 4.39 Å². The van der Waals surface area contributed by atoms with Gasteiger partial charge in [0, 0.05) is 43.7 Å². The molecule has 2 atom stereocenters. The molecule has 4 rings (SSSR count). The SMILES string of the molecule is CCCN1C(=O)C2CN(C)C(C)CN2c2c1c(=O)n(C)c1c(F)c(C)c(F)cc21. The predicted octanol–water partition coefficient (Wildman–Crippen LogP) is 2.39. The first-order valence-electron chi connectivity index (χ1n) is 9.98. The second-order valence-corrected chi connectivity index (χ2v) is 8.20. The molecular weight excluding hydrogens is 378 g/mol. The zero-order chi connectivity index (χ0) is 21.2. The minimum Gasteiger partial charge on any atom is -0.354 e. The predicted molar refractivity (Wildman–Crippen MR) is 110 cm³/mol. The molecule has 8 heteroatoms. The first-order valence-corrected chi connectivity index (χ1v) is 9.98. The molecule has 0 aliphatic carbocycles. The fourth-order valence-electron chi connectivity index (χ4n) is 4.53. The van der Waals surface area contributed by atoms with E-state index < -0.39 is 23.2 Å². The minimum atomic E-state index is -0.736. The molecule has 3 heterocycles. The summed E-state index contributed by atoms with van der Waals surface area (Å²) >= 11 is 0. The lowest BCUT2D eigenvalue weighted by molar-refractivity contribution is -0.121. The second-order valence-electron chi connectivity index (χ2n) is 8.20. The third-order valence-corrected chi connectivity index (χ3v) is 6.35. The Balaban J connectivity index is 2.13. The van der Waals surface area contributed by atoms with Crippen LogP contribution in [0.3, 0.4) is 0 Å². The summed E-state index contributed by atoms with van der Waals surface area (Å²) < 4.78 is 30.8. The highest BCUT2D eigenvalue weighted by Gasteiger charge is 2.45. The van der Waals surface area contributed by atoms with Crippen molar-refractivity contribution in [1.82, 2.24) is 9.47 Å². The van der Waals surface area contributed by atoms with Crippen molar-refractivity contribution in [2.75, 3.05) is 36.5 Å². The van der Waals surface area contributed by atoms with E-state index in [0.29, 0.717) is 37.1 Å². The van der Waals surface area contributed by atoms with Gasteiger partial charge in [-0.1, -0.05) is 6.92 Å². The van der Waals surface area contributed by atoms with E-state index in [0.717, 1.165) is 0 Å². The topological polar surface area (TPSA) is 48.8 Å². The number of hydrogen-bond donors (Lipinski definition) is 0. The van der Waals surface area contributed by atoms with Crippen LogP contribution in [0.5, 0.6) is 0 Å². The van der Waals surface area contributed by atoms with E-state index in [1.54, 1.807) is 0 Å². The lowest BCUT2D eigenvalue weighted by atomic mass is 9.97. The highest BCUT2D eigenvalue weighted by molar-refractivity contribution is 6.12. The van der Waals surface area contributed by atoms with E-state index in [-0.39, 0.29) is 28.7 Å². The number of likely N-dealkylation sites (N-methyl/N-ethyl adjacent to an activating group) is 1. The number of anilines is 2. The number of aryl methyl sites for hydroxylation is 1. The average molecular weight is 404 g/mol. The lowest BCUT2D eigenvalue weighted by Crippen LogP contribution is -2.65. The Morgan fingerprint density at radius 3 is 2.48 bits per heavy atom. The number of amides is 1. The van der Waals surface area contributed by atoms with Crippen molar-refractivity contribution in [2.24, 2.45) is 7.05 Å². The molecule has 6 nitrogen and oxygen atoms in total. The molecule has 1 saturated heterocycles. The molecule has 0 saturated carbocycles. The van der Waals surface area contributed by atoms with Crippen LogP contribution in [0.25, 0.3) is 10.9 Å². The van der Waals surface area contributed by atoms with Gasteiger partial charge in [0.05, 0.1) is 11.2 Å². The zero-order valence-corrected chi connectivity index (χ0v) is 17.4. The van der Waals surface area contributed by atoms with Crippen molar-refractivity contribution in [3.8, 4) is 0 Å². The van der Waals surface area contributed by atoms with Gasteiger partial charge in [0.2, 0.25) is 0 Å². The van der Waals surface area contributed by atoms with Gasteiger partial charge in [-0.25, -0.2) is 8.78 Å². The summed E-state index contributed by atoms with van der Waals surface area (Å²) in [4.78, 5) is 32.1. The zero-order valence-electron chi connectivity index (χ0n) is 17.4. The number of pyridine rings is 1. The smallest absolute Gasteiger partial charge is 0.277 e. The van der Waals surface area contributed by atoms with Gasteiger partial charge in [-0.2, -0.15) is 0 Å². The van der Waals surface area contributed by atoms with E-state index in [4.69, 9.17) is 0 Å². The number of benzene rings is 1. The molecule has 29 heavy (non-hydrogen) atoms. The molecule has 0 radical (unpaired) electrons. The van der Waals surface area contributed by atoms with Crippen molar-refractivity contribution < 1.29 is 13.6 Å². The van der Waals surface area contributed by atoms with E-state index in [9.17, 15) is 14.0 Å². The third kappa shape index (κ3) is 2.68. The molecule has 2 aromatic rings. The van der Waals surface area contributed by atoms with Crippen molar-refractivity contribution >= 4 is 28.2 Å². The van der Waals surface area contributed by atoms with Crippen LogP contribution in [0.4, 0.5) is 20.2 Å². The molecule has 1 fully saturated rings. The van der Waals surface area contributed by atoms with Gasteiger partial charge in [0.15, 0.2) is 5.82 Å². The lowest BCUT2D eigenvalue weighted by Gasteiger charge is -2.49. The number of rotatable bonds is 2. The summed E-state index contributed by atoms with van der Waals surface area (Å²) in [5.41, 5.74) is 0.211. The number of carbonyl (C=O) groups excluding carboxylic acids is 1. The molecule has 0 N–H and O–H groups in total. The molecule has 2 unspecified atom stereocenters. The molecule has 156 valence electrons. The molecular formula is C21H26F2N4O2. The van der Waals surface area contributed by atoms with Gasteiger partial charge in [0.1, 0.15) is 17.5 Å². The molecule has 2 aliphatic heterocycles. The Hall–Kier alpha value is -2.48. The first-order chi connectivity index (χ1) is 13.7. The van der Waals surface area contributed by atoms with Crippen LogP contribution in [-0.4, -0.2) is 54.1 Å². The average Bonchev–Trinajstić information content (AvgIpc) is 2.67. The fraction of sp³-hybridized carbons (Fsp3) is 0.524. The normalized spacial score (nSPS) is 22.2. The van der Waals surface area contributed by atoms with E-state index in [1.165, 1.54) is 29.5 Å². The molecule has 0 spiro atoms. The number of hydrogen-bond acceptors (Lipinski definition) is 4. The molecule has 1 aromatic carbocycles. The summed E-state index contributed by atoms with van der Waals surface area (Å²) in [6, 6.07) is 0.938. The first kappa shape index (κ1) is 19.8. The number of aromatic nitrogens is 1. The summed E-state index contributed by atoms with van der Waals surface area (Å²) in [5.74, 6) is -1.53. The van der Waals surface area contributed by atoms with Gasteiger partial charge in [-0.15, -0.1) is 0 Å². The van der Waals surface area contributed by atoms with E-state index in [1.807, 2.05) is 25.8 Å². The Bertz CT molecular complexity index is 1080. The third-order valence-electron chi connectivity index (χ3n) is 6.35. The minimum absolute atomic E-state index is 0.0729. The van der Waals surface area contributed by atoms with Crippen LogP contribution in [-0.2, 0) is 11.8 Å². The monoisotopic (exact) mass is 404 g/mol. The maximum absolute atomic E-state index is 15.0. The standard InChI is InChI=1S/C21H26F2N4O2/c1-6-7-26-19-18(27-9-11(2)24(4)10-15(27)20(26)28)13-8-14(22)12(3)16(23)17(13)25(5)21(19)29/h8,11,15H,6-7,9-10H2,1-5H3. The van der Waals surface area contributed by atoms with Crippen molar-refractivity contribution in [2.45, 2.75) is 39.3 Å². The molecule has 1 aromatic heterocycles. The Morgan fingerprint density at radius 2 is 1.83 bits per heavy atom. The number of nitrogens with zero attached hydrogens (tertiary/aromatic N) is 4. The number of carbonyl (C=O) groups is 1. The van der Waals surface area contributed by atoms with Gasteiger partial charge in [-0.05, 0) is 33.4 Å². The van der Waals surface area contributed by atoms with Crippen LogP contribution < -0.4 is 15.4 Å².